The summed E-state index contributed by atoms with van der Waals surface area (Å²) in [6.45, 7) is 3.52. The van der Waals surface area contributed by atoms with E-state index in [4.69, 9.17) is 0 Å². The Balaban J connectivity index is 1.84. The number of nitrogens with zero attached hydrogens (tertiary/aromatic N) is 1. The number of nitrogens with one attached hydrogen (secondary N) is 1. The zero-order valence-electron chi connectivity index (χ0n) is 11.0. The molecule has 1 saturated heterocycles. The predicted molar refractivity (Wildman–Crippen MR) is 70.2 cm³/mol. The van der Waals surface area contributed by atoms with Gasteiger partial charge in [0.1, 0.15) is 0 Å². The number of carbonyl (C=O) groups is 1. The molecule has 1 aromatic rings. The molecule has 0 radical (unpaired) electrons. The molecule has 1 aliphatic rings. The van der Waals surface area contributed by atoms with E-state index in [-0.39, 0.29) is 11.7 Å². The lowest BCUT2D eigenvalue weighted by Crippen LogP contribution is -2.43. The number of amides is 1. The molecule has 0 bridgehead atoms. The van der Waals surface area contributed by atoms with Gasteiger partial charge in [0, 0.05) is 38.2 Å². The number of likely N-dealkylation sites (tertiary alicyclic amines) is 1. The van der Waals surface area contributed by atoms with Crippen LogP contribution in [-0.4, -0.2) is 35.0 Å². The first-order valence-electron chi connectivity index (χ1n) is 6.53. The Kier molecular flexibility index (Phi) is 4.37. The first kappa shape index (κ1) is 13.8. The largest absolute Gasteiger partial charge is 0.505 e. The first-order valence-corrected chi connectivity index (χ1v) is 6.53. The van der Waals surface area contributed by atoms with Gasteiger partial charge in [0.25, 0.3) is 0 Å². The van der Waals surface area contributed by atoms with Crippen molar-refractivity contribution in [2.24, 2.45) is 0 Å². The van der Waals surface area contributed by atoms with Gasteiger partial charge in [-0.2, -0.15) is 0 Å². The number of rotatable bonds is 3. The van der Waals surface area contributed by atoms with Crippen molar-refractivity contribution in [3.63, 3.8) is 0 Å². The number of para-hydroxylation sites is 1. The molecular weight excluding hydrogens is 247 g/mol. The van der Waals surface area contributed by atoms with Crippen molar-refractivity contribution in [2.45, 2.75) is 32.4 Å². The quantitative estimate of drug-likeness (QED) is 0.874. The third-order valence-corrected chi connectivity index (χ3v) is 3.59. The Morgan fingerprint density at radius 1 is 1.47 bits per heavy atom. The predicted octanol–water partition coefficient (Wildman–Crippen LogP) is 1.63. The average molecular weight is 266 g/mol. The minimum atomic E-state index is -0.592. The first-order chi connectivity index (χ1) is 9.08. The topological polar surface area (TPSA) is 52.6 Å². The molecule has 0 unspecified atom stereocenters. The summed E-state index contributed by atoms with van der Waals surface area (Å²) >= 11 is 0. The third kappa shape index (κ3) is 3.44. The molecule has 2 rings (SSSR count). The highest BCUT2D eigenvalue weighted by atomic mass is 19.1. The normalized spacial score (nSPS) is 16.6. The number of benzene rings is 1. The zero-order valence-corrected chi connectivity index (χ0v) is 11.0. The second-order valence-electron chi connectivity index (χ2n) is 4.91. The minimum absolute atomic E-state index is 0.112. The van der Waals surface area contributed by atoms with Gasteiger partial charge < -0.3 is 15.3 Å². The number of phenols is 1. The molecule has 0 aromatic heterocycles. The summed E-state index contributed by atoms with van der Waals surface area (Å²) in [4.78, 5) is 13.0. The molecule has 0 atom stereocenters. The Morgan fingerprint density at radius 3 is 2.79 bits per heavy atom. The van der Waals surface area contributed by atoms with Gasteiger partial charge in [-0.3, -0.25) is 4.79 Å². The zero-order chi connectivity index (χ0) is 13.8. The number of phenolic OH excluding ortho intramolecular Hbond substituents is 1. The van der Waals surface area contributed by atoms with E-state index >= 15 is 0 Å². The van der Waals surface area contributed by atoms with Crippen LogP contribution >= 0.6 is 0 Å². The molecule has 1 aromatic carbocycles. The van der Waals surface area contributed by atoms with Crippen molar-refractivity contribution in [3.05, 3.63) is 29.6 Å². The number of aromatic hydroxyl groups is 1. The van der Waals surface area contributed by atoms with Crippen LogP contribution in [0.2, 0.25) is 0 Å². The van der Waals surface area contributed by atoms with E-state index in [9.17, 15) is 14.3 Å². The SMILES string of the molecule is CC(=O)N1CCC(NCc2cccc(F)c2O)CC1. The highest BCUT2D eigenvalue weighted by Gasteiger charge is 2.20. The molecule has 1 amide bonds. The summed E-state index contributed by atoms with van der Waals surface area (Å²) in [6.07, 6.45) is 1.77. The van der Waals surface area contributed by atoms with Crippen molar-refractivity contribution in [3.8, 4) is 5.75 Å². The second-order valence-corrected chi connectivity index (χ2v) is 4.91. The molecule has 104 valence electrons. The summed E-state index contributed by atoms with van der Waals surface area (Å²) in [5.41, 5.74) is 0.564. The lowest BCUT2D eigenvalue weighted by atomic mass is 10.0. The monoisotopic (exact) mass is 266 g/mol. The molecule has 1 fully saturated rings. The summed E-state index contributed by atoms with van der Waals surface area (Å²) in [6, 6.07) is 4.84. The van der Waals surface area contributed by atoms with Gasteiger partial charge in [-0.1, -0.05) is 12.1 Å². The molecule has 19 heavy (non-hydrogen) atoms. The molecular formula is C14H19FN2O2. The van der Waals surface area contributed by atoms with Crippen LogP contribution in [0.3, 0.4) is 0 Å². The maximum atomic E-state index is 13.2. The van der Waals surface area contributed by atoms with Crippen molar-refractivity contribution in [1.82, 2.24) is 10.2 Å². The molecule has 2 N–H and O–H groups in total. The number of hydrogen-bond acceptors (Lipinski definition) is 3. The van der Waals surface area contributed by atoms with Crippen molar-refractivity contribution in [1.29, 1.82) is 0 Å². The molecule has 1 aliphatic heterocycles. The number of carbonyl (C=O) groups excluding carboxylic acids is 1. The lowest BCUT2D eigenvalue weighted by Gasteiger charge is -2.31. The highest BCUT2D eigenvalue weighted by Crippen LogP contribution is 2.21. The second kappa shape index (κ2) is 6.02. The van der Waals surface area contributed by atoms with Crippen LogP contribution < -0.4 is 5.32 Å². The van der Waals surface area contributed by atoms with Crippen LogP contribution in [0, 0.1) is 5.82 Å². The Bertz CT molecular complexity index is 457. The Morgan fingerprint density at radius 2 is 2.16 bits per heavy atom. The lowest BCUT2D eigenvalue weighted by molar-refractivity contribution is -0.129. The number of piperidine rings is 1. The van der Waals surface area contributed by atoms with Gasteiger partial charge in [0.15, 0.2) is 11.6 Å². The number of hydrogen-bond donors (Lipinski definition) is 2. The van der Waals surface area contributed by atoms with Crippen molar-refractivity contribution in [2.75, 3.05) is 13.1 Å². The van der Waals surface area contributed by atoms with E-state index in [0.29, 0.717) is 18.2 Å². The molecule has 0 spiro atoms. The van der Waals surface area contributed by atoms with Crippen LogP contribution in [0.25, 0.3) is 0 Å². The third-order valence-electron chi connectivity index (χ3n) is 3.59. The van der Waals surface area contributed by atoms with E-state index < -0.39 is 5.82 Å². The van der Waals surface area contributed by atoms with Crippen LogP contribution in [0.15, 0.2) is 18.2 Å². The standard InChI is InChI=1S/C14H19FN2O2/c1-10(18)17-7-5-12(6-8-17)16-9-11-3-2-4-13(15)14(11)19/h2-4,12,16,19H,5-9H2,1H3. The minimum Gasteiger partial charge on any atom is -0.505 e. The summed E-state index contributed by atoms with van der Waals surface area (Å²) in [7, 11) is 0. The van der Waals surface area contributed by atoms with E-state index in [1.165, 1.54) is 6.07 Å². The maximum Gasteiger partial charge on any atom is 0.219 e. The van der Waals surface area contributed by atoms with Gasteiger partial charge in [-0.25, -0.2) is 4.39 Å². The van der Waals surface area contributed by atoms with E-state index in [2.05, 4.69) is 5.32 Å². The van der Waals surface area contributed by atoms with Crippen LogP contribution in [0.1, 0.15) is 25.3 Å². The van der Waals surface area contributed by atoms with Crippen LogP contribution in [0.5, 0.6) is 5.75 Å². The van der Waals surface area contributed by atoms with Crippen LogP contribution in [0.4, 0.5) is 4.39 Å². The molecule has 4 nitrogen and oxygen atoms in total. The molecule has 0 saturated carbocycles. The fraction of sp³-hybridized carbons (Fsp3) is 0.500. The van der Waals surface area contributed by atoms with Crippen LogP contribution in [-0.2, 0) is 11.3 Å². The maximum absolute atomic E-state index is 13.2. The van der Waals surface area contributed by atoms with Gasteiger partial charge in [-0.15, -0.1) is 0 Å². The molecule has 5 heteroatoms. The summed E-state index contributed by atoms with van der Waals surface area (Å²) in [5, 5.41) is 12.9. The van der Waals surface area contributed by atoms with Crippen molar-refractivity contribution >= 4 is 5.91 Å². The molecule has 0 aliphatic carbocycles. The number of halogens is 1. The fourth-order valence-corrected chi connectivity index (χ4v) is 2.36. The molecule has 1 heterocycles. The van der Waals surface area contributed by atoms with E-state index in [1.807, 2.05) is 4.90 Å². The van der Waals surface area contributed by atoms with Gasteiger partial charge >= 0.3 is 0 Å². The smallest absolute Gasteiger partial charge is 0.219 e. The van der Waals surface area contributed by atoms with Gasteiger partial charge in [0.05, 0.1) is 0 Å². The van der Waals surface area contributed by atoms with Gasteiger partial charge in [-0.05, 0) is 18.9 Å². The Labute approximate surface area is 112 Å². The van der Waals surface area contributed by atoms with Gasteiger partial charge in [0.2, 0.25) is 5.91 Å². The van der Waals surface area contributed by atoms with E-state index in [1.54, 1.807) is 19.1 Å². The fourth-order valence-electron chi connectivity index (χ4n) is 2.36. The van der Waals surface area contributed by atoms with Crippen molar-refractivity contribution < 1.29 is 14.3 Å². The summed E-state index contributed by atoms with van der Waals surface area (Å²) < 4.78 is 13.2. The highest BCUT2D eigenvalue weighted by molar-refractivity contribution is 5.73. The average Bonchev–Trinajstić information content (AvgIpc) is 2.41. The van der Waals surface area contributed by atoms with E-state index in [0.717, 1.165) is 25.9 Å². The summed E-state index contributed by atoms with van der Waals surface area (Å²) in [5.74, 6) is -0.761. The Hall–Kier alpha value is -1.62.